The lowest BCUT2D eigenvalue weighted by molar-refractivity contribution is 0.252. The van der Waals surface area contributed by atoms with Crippen molar-refractivity contribution in [2.75, 3.05) is 11.9 Å². The van der Waals surface area contributed by atoms with Gasteiger partial charge in [0, 0.05) is 26.1 Å². The van der Waals surface area contributed by atoms with E-state index in [-0.39, 0.29) is 17.6 Å². The van der Waals surface area contributed by atoms with Crippen LogP contribution in [-0.2, 0) is 13.5 Å². The Kier molecular flexibility index (Phi) is 5.39. The Balaban J connectivity index is 1.68. The van der Waals surface area contributed by atoms with Crippen LogP contribution >= 0.6 is 0 Å². The molecule has 0 bridgehead atoms. The number of urea groups is 1. The van der Waals surface area contributed by atoms with Crippen LogP contribution in [0.4, 0.5) is 10.6 Å². The Morgan fingerprint density at radius 1 is 1.26 bits per heavy atom. The van der Waals surface area contributed by atoms with Gasteiger partial charge in [-0.25, -0.2) is 19.4 Å². The lowest BCUT2D eigenvalue weighted by Crippen LogP contribution is -2.31. The van der Waals surface area contributed by atoms with Crippen LogP contribution in [0.15, 0.2) is 41.2 Å². The molecule has 142 valence electrons. The van der Waals surface area contributed by atoms with Crippen molar-refractivity contribution in [1.29, 1.82) is 0 Å². The van der Waals surface area contributed by atoms with Gasteiger partial charge in [-0.05, 0) is 18.1 Å². The van der Waals surface area contributed by atoms with Crippen LogP contribution in [-0.4, -0.2) is 37.1 Å². The molecule has 1 aromatic carbocycles. The third-order valence-corrected chi connectivity index (χ3v) is 4.17. The zero-order valence-corrected chi connectivity index (χ0v) is 15.6. The average Bonchev–Trinajstić information content (AvgIpc) is 3.21. The molecule has 9 nitrogen and oxygen atoms in total. The number of para-hydroxylation sites is 1. The van der Waals surface area contributed by atoms with Gasteiger partial charge in [0.2, 0.25) is 0 Å². The maximum atomic E-state index is 12.3. The normalized spacial score (nSPS) is 11.0. The van der Waals surface area contributed by atoms with Gasteiger partial charge < -0.3 is 5.32 Å². The van der Waals surface area contributed by atoms with E-state index in [1.807, 2.05) is 36.4 Å². The molecule has 3 N–H and O–H groups in total. The number of nitrogens with one attached hydrogen (secondary N) is 3. The van der Waals surface area contributed by atoms with Crippen LogP contribution < -0.4 is 16.3 Å². The first-order valence-electron chi connectivity index (χ1n) is 8.76. The van der Waals surface area contributed by atoms with Gasteiger partial charge in [0.05, 0.1) is 11.4 Å². The summed E-state index contributed by atoms with van der Waals surface area (Å²) >= 11 is 0. The summed E-state index contributed by atoms with van der Waals surface area (Å²) in [5.74, 6) is 1.41. The monoisotopic (exact) mass is 369 g/mol. The summed E-state index contributed by atoms with van der Waals surface area (Å²) in [4.78, 5) is 23.6. The molecule has 0 aliphatic carbocycles. The van der Waals surface area contributed by atoms with Gasteiger partial charge in [0.25, 0.3) is 0 Å². The maximum Gasteiger partial charge on any atom is 0.343 e. The quantitative estimate of drug-likeness (QED) is 0.615. The molecule has 0 atom stereocenters. The predicted octanol–water partition coefficient (Wildman–Crippen LogP) is 1.78. The topological polar surface area (TPSA) is 110 Å². The van der Waals surface area contributed by atoms with Gasteiger partial charge in [-0.1, -0.05) is 32.0 Å². The summed E-state index contributed by atoms with van der Waals surface area (Å²) in [6, 6.07) is 11.2. The molecule has 0 aliphatic heterocycles. The largest absolute Gasteiger partial charge is 0.343 e. The van der Waals surface area contributed by atoms with E-state index in [0.29, 0.717) is 24.6 Å². The van der Waals surface area contributed by atoms with Crippen molar-refractivity contribution in [1.82, 2.24) is 29.9 Å². The highest BCUT2D eigenvalue weighted by molar-refractivity contribution is 5.88. The Morgan fingerprint density at radius 3 is 2.63 bits per heavy atom. The van der Waals surface area contributed by atoms with Crippen molar-refractivity contribution in [2.45, 2.75) is 26.2 Å². The van der Waals surface area contributed by atoms with Crippen molar-refractivity contribution in [3.05, 3.63) is 58.4 Å². The van der Waals surface area contributed by atoms with Crippen LogP contribution in [0.25, 0.3) is 5.69 Å². The van der Waals surface area contributed by atoms with Gasteiger partial charge in [0.1, 0.15) is 11.6 Å². The predicted molar refractivity (Wildman–Crippen MR) is 102 cm³/mol. The number of anilines is 1. The second-order valence-corrected chi connectivity index (χ2v) is 6.49. The molecule has 0 spiro atoms. The molecule has 0 aliphatic rings. The van der Waals surface area contributed by atoms with Gasteiger partial charge in [-0.3, -0.25) is 9.88 Å². The molecule has 9 heteroatoms. The number of aromatic amines is 1. The third-order valence-electron chi connectivity index (χ3n) is 4.17. The van der Waals surface area contributed by atoms with E-state index in [1.54, 1.807) is 11.7 Å². The number of benzene rings is 1. The standard InChI is InChI=1S/C18H23N7O2/c1-12(2)14-11-16(25(23-14)13-7-5-4-6-8-13)20-17(26)19-10-9-15-21-22-18(27)24(15)3/h4-8,11-12H,9-10H2,1-3H3,(H,22,27)(H2,19,20,26). The molecule has 3 rings (SSSR count). The van der Waals surface area contributed by atoms with Crippen LogP contribution in [0.1, 0.15) is 31.3 Å². The fourth-order valence-corrected chi connectivity index (χ4v) is 2.59. The summed E-state index contributed by atoms with van der Waals surface area (Å²) in [5.41, 5.74) is 1.48. The molecular weight excluding hydrogens is 346 g/mol. The van der Waals surface area contributed by atoms with E-state index in [1.165, 1.54) is 4.57 Å². The number of hydrogen-bond donors (Lipinski definition) is 3. The number of rotatable bonds is 6. The van der Waals surface area contributed by atoms with E-state index < -0.39 is 0 Å². The average molecular weight is 369 g/mol. The van der Waals surface area contributed by atoms with Crippen molar-refractivity contribution in [3.8, 4) is 5.69 Å². The van der Waals surface area contributed by atoms with Crippen molar-refractivity contribution in [3.63, 3.8) is 0 Å². The first kappa shape index (κ1) is 18.4. The van der Waals surface area contributed by atoms with Gasteiger partial charge in [-0.2, -0.15) is 10.2 Å². The van der Waals surface area contributed by atoms with Crippen LogP contribution in [0.2, 0.25) is 0 Å². The van der Waals surface area contributed by atoms with E-state index in [0.717, 1.165) is 11.4 Å². The van der Waals surface area contributed by atoms with Crippen LogP contribution in [0.5, 0.6) is 0 Å². The molecular formula is C18H23N7O2. The first-order chi connectivity index (χ1) is 13.0. The molecule has 2 amide bonds. The Bertz CT molecular complexity index is 969. The molecule has 2 aromatic heterocycles. The van der Waals surface area contributed by atoms with Crippen molar-refractivity contribution >= 4 is 11.8 Å². The number of nitrogens with zero attached hydrogens (tertiary/aromatic N) is 4. The smallest absolute Gasteiger partial charge is 0.337 e. The number of amides is 2. The summed E-state index contributed by atoms with van der Waals surface area (Å²) in [6.45, 7) is 4.45. The number of hydrogen-bond acceptors (Lipinski definition) is 4. The zero-order valence-electron chi connectivity index (χ0n) is 15.6. The van der Waals surface area contributed by atoms with Gasteiger partial charge in [-0.15, -0.1) is 0 Å². The van der Waals surface area contributed by atoms with E-state index >= 15 is 0 Å². The maximum absolute atomic E-state index is 12.3. The lowest BCUT2D eigenvalue weighted by Gasteiger charge is -2.10. The van der Waals surface area contributed by atoms with E-state index in [9.17, 15) is 9.59 Å². The van der Waals surface area contributed by atoms with Gasteiger partial charge >= 0.3 is 11.7 Å². The number of carbonyl (C=O) groups excluding carboxylic acids is 1. The van der Waals surface area contributed by atoms with Crippen LogP contribution in [0, 0.1) is 0 Å². The number of aromatic nitrogens is 5. The van der Waals surface area contributed by atoms with E-state index in [4.69, 9.17) is 0 Å². The van der Waals surface area contributed by atoms with E-state index in [2.05, 4.69) is 39.8 Å². The highest BCUT2D eigenvalue weighted by atomic mass is 16.2. The highest BCUT2D eigenvalue weighted by Gasteiger charge is 2.14. The van der Waals surface area contributed by atoms with Gasteiger partial charge in [0.15, 0.2) is 0 Å². The minimum atomic E-state index is -0.345. The highest BCUT2D eigenvalue weighted by Crippen LogP contribution is 2.21. The second kappa shape index (κ2) is 7.90. The fourth-order valence-electron chi connectivity index (χ4n) is 2.59. The molecule has 3 aromatic rings. The molecule has 0 fully saturated rings. The molecule has 27 heavy (non-hydrogen) atoms. The molecule has 2 heterocycles. The third kappa shape index (κ3) is 4.25. The Hall–Kier alpha value is -3.36. The number of carbonyl (C=O) groups is 1. The minimum absolute atomic E-state index is 0.236. The van der Waals surface area contributed by atoms with Crippen molar-refractivity contribution in [2.24, 2.45) is 7.05 Å². The summed E-state index contributed by atoms with van der Waals surface area (Å²) < 4.78 is 3.13. The van der Waals surface area contributed by atoms with Crippen LogP contribution in [0.3, 0.4) is 0 Å². The molecule has 0 saturated carbocycles. The summed E-state index contributed by atoms with van der Waals surface area (Å²) in [7, 11) is 1.63. The summed E-state index contributed by atoms with van der Waals surface area (Å²) in [5, 5.41) is 16.5. The summed E-state index contributed by atoms with van der Waals surface area (Å²) in [6.07, 6.45) is 0.442. The second-order valence-electron chi connectivity index (χ2n) is 6.49. The molecule has 0 radical (unpaired) electrons. The van der Waals surface area contributed by atoms with Crippen molar-refractivity contribution < 1.29 is 4.79 Å². The SMILES string of the molecule is CC(C)c1cc(NC(=O)NCCc2n[nH]c(=O)n2C)n(-c2ccccc2)n1. The Labute approximate surface area is 156 Å². The fraction of sp³-hybridized carbons (Fsp3) is 0.333. The minimum Gasteiger partial charge on any atom is -0.337 e. The Morgan fingerprint density at radius 2 is 2.00 bits per heavy atom. The molecule has 0 saturated heterocycles. The number of H-pyrrole nitrogens is 1. The zero-order chi connectivity index (χ0) is 19.4. The first-order valence-corrected chi connectivity index (χ1v) is 8.76. The molecule has 0 unspecified atom stereocenters. The lowest BCUT2D eigenvalue weighted by atomic mass is 10.1.